The van der Waals surface area contributed by atoms with E-state index in [0.717, 1.165) is 34.3 Å². The zero-order valence-corrected chi connectivity index (χ0v) is 13.7. The second-order valence-corrected chi connectivity index (χ2v) is 7.71. The van der Waals surface area contributed by atoms with Crippen LogP contribution in [0.25, 0.3) is 10.9 Å². The number of hydrogen-bond acceptors (Lipinski definition) is 3. The fourth-order valence-corrected chi connectivity index (χ4v) is 3.30. The molecule has 0 amide bonds. The number of nitrogens with one attached hydrogen (secondary N) is 1. The Morgan fingerprint density at radius 3 is 2.45 bits per heavy atom. The zero-order chi connectivity index (χ0) is 15.9. The maximum atomic E-state index is 11.5. The molecule has 0 aliphatic heterocycles. The first-order chi connectivity index (χ1) is 10.3. The van der Waals surface area contributed by atoms with Gasteiger partial charge in [-0.05, 0) is 49.6 Å². The average Bonchev–Trinajstić information content (AvgIpc) is 2.74. The van der Waals surface area contributed by atoms with Crippen LogP contribution in [0.1, 0.15) is 22.5 Å². The lowest BCUT2D eigenvalue weighted by Crippen LogP contribution is -1.97. The van der Waals surface area contributed by atoms with E-state index >= 15 is 0 Å². The highest BCUT2D eigenvalue weighted by Gasteiger charge is 2.11. The SMILES string of the molecule is Cc1cc2[nH]c(C)c(Cc3ccc(S(C)(=O)=O)cc3)c2cn1. The maximum absolute atomic E-state index is 11.5. The van der Waals surface area contributed by atoms with Crippen molar-refractivity contribution in [1.82, 2.24) is 9.97 Å². The number of hydrogen-bond donors (Lipinski definition) is 1. The van der Waals surface area contributed by atoms with Crippen LogP contribution < -0.4 is 0 Å². The summed E-state index contributed by atoms with van der Waals surface area (Å²) in [5.41, 5.74) is 5.48. The molecule has 1 aromatic carbocycles. The minimum absolute atomic E-state index is 0.351. The highest BCUT2D eigenvalue weighted by Crippen LogP contribution is 2.25. The average molecular weight is 314 g/mol. The summed E-state index contributed by atoms with van der Waals surface area (Å²) in [5, 5.41) is 1.12. The molecule has 0 saturated carbocycles. The third-order valence-corrected chi connectivity index (χ3v) is 5.00. The molecule has 0 aliphatic carbocycles. The maximum Gasteiger partial charge on any atom is 0.175 e. The minimum atomic E-state index is -3.15. The van der Waals surface area contributed by atoms with E-state index in [1.807, 2.05) is 31.3 Å². The third-order valence-electron chi connectivity index (χ3n) is 3.87. The Hall–Kier alpha value is -2.14. The number of aromatic amines is 1. The van der Waals surface area contributed by atoms with Gasteiger partial charge < -0.3 is 4.98 Å². The zero-order valence-electron chi connectivity index (χ0n) is 12.8. The summed E-state index contributed by atoms with van der Waals surface area (Å²) in [7, 11) is -3.15. The second kappa shape index (κ2) is 5.25. The summed E-state index contributed by atoms with van der Waals surface area (Å²) in [4.78, 5) is 8.11. The fraction of sp³-hybridized carbons (Fsp3) is 0.235. The summed E-state index contributed by atoms with van der Waals surface area (Å²) in [6.45, 7) is 4.02. The van der Waals surface area contributed by atoms with E-state index in [2.05, 4.69) is 16.9 Å². The van der Waals surface area contributed by atoms with Crippen molar-refractivity contribution < 1.29 is 8.42 Å². The number of fused-ring (bicyclic) bond motifs is 1. The summed E-state index contributed by atoms with van der Waals surface area (Å²) in [5.74, 6) is 0. The topological polar surface area (TPSA) is 62.8 Å². The third kappa shape index (κ3) is 2.76. The van der Waals surface area contributed by atoms with Crippen molar-refractivity contribution >= 4 is 20.7 Å². The number of rotatable bonds is 3. The van der Waals surface area contributed by atoms with Crippen LogP contribution in [0.15, 0.2) is 41.4 Å². The summed E-state index contributed by atoms with van der Waals surface area (Å²) >= 11 is 0. The number of sulfone groups is 1. The highest BCUT2D eigenvalue weighted by atomic mass is 32.2. The van der Waals surface area contributed by atoms with Gasteiger partial charge in [-0.15, -0.1) is 0 Å². The van der Waals surface area contributed by atoms with Crippen molar-refractivity contribution in [3.8, 4) is 0 Å². The lowest BCUT2D eigenvalue weighted by molar-refractivity contribution is 0.602. The van der Waals surface area contributed by atoms with Crippen molar-refractivity contribution in [3.05, 3.63) is 59.0 Å². The Bertz CT molecular complexity index is 939. The molecule has 4 nitrogen and oxygen atoms in total. The standard InChI is InChI=1S/C17H18N2O2S/c1-11-8-17-16(10-18-11)15(12(2)19-17)9-13-4-6-14(7-5-13)22(3,20)21/h4-8,10,19H,9H2,1-3H3. The van der Waals surface area contributed by atoms with Gasteiger partial charge in [0.2, 0.25) is 0 Å². The van der Waals surface area contributed by atoms with Gasteiger partial charge in [0.05, 0.1) is 4.90 Å². The van der Waals surface area contributed by atoms with E-state index in [1.54, 1.807) is 12.1 Å². The molecule has 0 radical (unpaired) electrons. The van der Waals surface area contributed by atoms with Gasteiger partial charge in [0.1, 0.15) is 0 Å². The van der Waals surface area contributed by atoms with Crippen LogP contribution in [0.3, 0.4) is 0 Å². The lowest BCUT2D eigenvalue weighted by Gasteiger charge is -2.04. The lowest BCUT2D eigenvalue weighted by atomic mass is 10.0. The summed E-state index contributed by atoms with van der Waals surface area (Å²) in [6, 6.07) is 9.11. The molecule has 1 N–H and O–H groups in total. The molecular formula is C17H18N2O2S. The normalized spacial score (nSPS) is 12.0. The van der Waals surface area contributed by atoms with Gasteiger partial charge in [-0.3, -0.25) is 4.98 Å². The molecule has 0 atom stereocenters. The van der Waals surface area contributed by atoms with E-state index in [9.17, 15) is 8.42 Å². The smallest absolute Gasteiger partial charge is 0.175 e. The molecule has 5 heteroatoms. The number of benzene rings is 1. The molecule has 3 aromatic rings. The first-order valence-corrected chi connectivity index (χ1v) is 8.96. The molecule has 0 unspecified atom stereocenters. The Labute approximate surface area is 130 Å². The second-order valence-electron chi connectivity index (χ2n) is 5.69. The molecular weight excluding hydrogens is 296 g/mol. The van der Waals surface area contributed by atoms with Gasteiger partial charge >= 0.3 is 0 Å². The Morgan fingerprint density at radius 2 is 1.82 bits per heavy atom. The molecule has 114 valence electrons. The number of aryl methyl sites for hydroxylation is 2. The van der Waals surface area contributed by atoms with E-state index in [-0.39, 0.29) is 0 Å². The van der Waals surface area contributed by atoms with Gasteiger partial charge in [-0.2, -0.15) is 0 Å². The minimum Gasteiger partial charge on any atom is -0.358 e. The van der Waals surface area contributed by atoms with Gasteiger partial charge in [-0.1, -0.05) is 12.1 Å². The molecule has 0 saturated heterocycles. The first-order valence-electron chi connectivity index (χ1n) is 7.07. The Balaban J connectivity index is 1.98. The molecule has 0 fully saturated rings. The van der Waals surface area contributed by atoms with Crippen molar-refractivity contribution in [2.75, 3.05) is 6.26 Å². The van der Waals surface area contributed by atoms with Crippen LogP contribution in [0, 0.1) is 13.8 Å². The monoisotopic (exact) mass is 314 g/mol. The Morgan fingerprint density at radius 1 is 1.14 bits per heavy atom. The number of nitrogens with zero attached hydrogens (tertiary/aromatic N) is 1. The quantitative estimate of drug-likeness (QED) is 0.807. The van der Waals surface area contributed by atoms with Crippen LogP contribution in [0.4, 0.5) is 0 Å². The van der Waals surface area contributed by atoms with E-state index in [1.165, 1.54) is 11.8 Å². The largest absolute Gasteiger partial charge is 0.358 e. The van der Waals surface area contributed by atoms with E-state index < -0.39 is 9.84 Å². The molecule has 22 heavy (non-hydrogen) atoms. The summed E-state index contributed by atoms with van der Waals surface area (Å²) < 4.78 is 23.0. The first kappa shape index (κ1) is 14.8. The van der Waals surface area contributed by atoms with Crippen molar-refractivity contribution in [2.45, 2.75) is 25.2 Å². The van der Waals surface area contributed by atoms with Gasteiger partial charge in [0.15, 0.2) is 9.84 Å². The van der Waals surface area contributed by atoms with Gasteiger partial charge in [0, 0.05) is 34.7 Å². The van der Waals surface area contributed by atoms with Crippen LogP contribution in [-0.4, -0.2) is 24.6 Å². The van der Waals surface area contributed by atoms with Crippen LogP contribution in [0.5, 0.6) is 0 Å². The molecule has 3 rings (SSSR count). The van der Waals surface area contributed by atoms with E-state index in [0.29, 0.717) is 4.90 Å². The molecule has 0 spiro atoms. The number of aromatic nitrogens is 2. The number of pyridine rings is 1. The van der Waals surface area contributed by atoms with Gasteiger partial charge in [-0.25, -0.2) is 8.42 Å². The summed E-state index contributed by atoms with van der Waals surface area (Å²) in [6.07, 6.45) is 3.87. The van der Waals surface area contributed by atoms with Crippen molar-refractivity contribution in [3.63, 3.8) is 0 Å². The molecule has 0 bridgehead atoms. The fourth-order valence-electron chi connectivity index (χ4n) is 2.67. The van der Waals surface area contributed by atoms with E-state index in [4.69, 9.17) is 0 Å². The van der Waals surface area contributed by atoms with Gasteiger partial charge in [0.25, 0.3) is 0 Å². The van der Waals surface area contributed by atoms with Crippen LogP contribution in [-0.2, 0) is 16.3 Å². The molecule has 2 aromatic heterocycles. The van der Waals surface area contributed by atoms with Crippen LogP contribution >= 0.6 is 0 Å². The molecule has 2 heterocycles. The molecule has 0 aliphatic rings. The predicted octanol–water partition coefficient (Wildman–Crippen LogP) is 3.17. The van der Waals surface area contributed by atoms with Crippen LogP contribution in [0.2, 0.25) is 0 Å². The Kier molecular flexibility index (Phi) is 3.53. The highest BCUT2D eigenvalue weighted by molar-refractivity contribution is 7.90. The predicted molar refractivity (Wildman–Crippen MR) is 87.9 cm³/mol. The number of H-pyrrole nitrogens is 1. The van der Waals surface area contributed by atoms with Crippen molar-refractivity contribution in [1.29, 1.82) is 0 Å². The van der Waals surface area contributed by atoms with Crippen molar-refractivity contribution in [2.24, 2.45) is 0 Å².